The SMILES string of the molecule is CCC(CC)(NC(=O)c1snnc1C(C)(C)C)C(=O)O. The van der Waals surface area contributed by atoms with E-state index in [1.54, 1.807) is 13.8 Å². The van der Waals surface area contributed by atoms with Crippen LogP contribution in [0.2, 0.25) is 0 Å². The zero-order valence-corrected chi connectivity index (χ0v) is 13.3. The Morgan fingerprint density at radius 2 is 1.80 bits per heavy atom. The van der Waals surface area contributed by atoms with Crippen molar-refractivity contribution < 1.29 is 14.7 Å². The number of carbonyl (C=O) groups is 2. The van der Waals surface area contributed by atoms with Gasteiger partial charge in [-0.1, -0.05) is 39.1 Å². The summed E-state index contributed by atoms with van der Waals surface area (Å²) in [6, 6.07) is 0. The van der Waals surface area contributed by atoms with Crippen LogP contribution in [0.15, 0.2) is 0 Å². The molecule has 0 saturated heterocycles. The fourth-order valence-electron chi connectivity index (χ4n) is 1.89. The number of nitrogens with zero attached hydrogens (tertiary/aromatic N) is 2. The summed E-state index contributed by atoms with van der Waals surface area (Å²) in [7, 11) is 0. The Morgan fingerprint density at radius 3 is 2.20 bits per heavy atom. The molecule has 1 aromatic heterocycles. The van der Waals surface area contributed by atoms with E-state index in [-0.39, 0.29) is 5.41 Å². The Balaban J connectivity index is 3.09. The zero-order chi connectivity index (χ0) is 15.6. The van der Waals surface area contributed by atoms with Gasteiger partial charge in [0.15, 0.2) is 0 Å². The number of nitrogens with one attached hydrogen (secondary N) is 1. The van der Waals surface area contributed by atoms with Crippen molar-refractivity contribution in [1.82, 2.24) is 14.9 Å². The van der Waals surface area contributed by atoms with Crippen LogP contribution < -0.4 is 5.32 Å². The molecule has 0 saturated carbocycles. The molecular weight excluding hydrogens is 278 g/mol. The lowest BCUT2D eigenvalue weighted by atomic mass is 9.90. The van der Waals surface area contributed by atoms with Crippen molar-refractivity contribution in [2.24, 2.45) is 0 Å². The minimum Gasteiger partial charge on any atom is -0.480 e. The molecule has 0 radical (unpaired) electrons. The first kappa shape index (κ1) is 16.6. The highest BCUT2D eigenvalue weighted by molar-refractivity contribution is 7.08. The summed E-state index contributed by atoms with van der Waals surface area (Å²) in [5.41, 5.74) is -0.966. The quantitative estimate of drug-likeness (QED) is 0.869. The second-order valence-electron chi connectivity index (χ2n) is 5.75. The lowest BCUT2D eigenvalue weighted by Crippen LogP contribution is -2.53. The van der Waals surface area contributed by atoms with E-state index in [2.05, 4.69) is 14.9 Å². The summed E-state index contributed by atoms with van der Waals surface area (Å²) >= 11 is 0.992. The third-order valence-corrected chi connectivity index (χ3v) is 4.10. The molecule has 0 fully saturated rings. The molecule has 1 rings (SSSR count). The fourth-order valence-corrected chi connectivity index (χ4v) is 2.66. The molecule has 0 unspecified atom stereocenters. The van der Waals surface area contributed by atoms with E-state index in [1.165, 1.54) is 0 Å². The van der Waals surface area contributed by atoms with Crippen molar-refractivity contribution >= 4 is 23.4 Å². The number of aliphatic carboxylic acids is 1. The first-order valence-corrected chi connectivity index (χ1v) is 7.34. The molecule has 1 heterocycles. The highest BCUT2D eigenvalue weighted by Crippen LogP contribution is 2.26. The Bertz CT molecular complexity index is 501. The van der Waals surface area contributed by atoms with E-state index in [4.69, 9.17) is 0 Å². The second-order valence-corrected chi connectivity index (χ2v) is 6.50. The molecule has 20 heavy (non-hydrogen) atoms. The molecule has 0 spiro atoms. The van der Waals surface area contributed by atoms with Crippen molar-refractivity contribution in [2.45, 2.75) is 58.4 Å². The third-order valence-electron chi connectivity index (χ3n) is 3.37. The molecule has 1 amide bonds. The Hall–Kier alpha value is -1.50. The number of rotatable bonds is 5. The van der Waals surface area contributed by atoms with Gasteiger partial charge in [-0.3, -0.25) is 4.79 Å². The molecule has 0 aliphatic heterocycles. The van der Waals surface area contributed by atoms with Crippen molar-refractivity contribution in [1.29, 1.82) is 0 Å². The normalized spacial score (nSPS) is 12.2. The summed E-state index contributed by atoms with van der Waals surface area (Å²) in [6.07, 6.45) is 0.642. The van der Waals surface area contributed by atoms with E-state index in [0.29, 0.717) is 23.4 Å². The van der Waals surface area contributed by atoms with Gasteiger partial charge in [-0.2, -0.15) is 0 Å². The van der Waals surface area contributed by atoms with Gasteiger partial charge < -0.3 is 10.4 Å². The van der Waals surface area contributed by atoms with Crippen LogP contribution in [0.5, 0.6) is 0 Å². The highest BCUT2D eigenvalue weighted by atomic mass is 32.1. The topological polar surface area (TPSA) is 92.2 Å². The largest absolute Gasteiger partial charge is 0.480 e. The van der Waals surface area contributed by atoms with E-state index < -0.39 is 17.4 Å². The molecule has 0 atom stereocenters. The predicted molar refractivity (Wildman–Crippen MR) is 77.0 cm³/mol. The summed E-state index contributed by atoms with van der Waals surface area (Å²) in [6.45, 7) is 9.29. The summed E-state index contributed by atoms with van der Waals surface area (Å²) in [5, 5.41) is 16.0. The zero-order valence-electron chi connectivity index (χ0n) is 12.5. The molecular formula is C13H21N3O3S. The van der Waals surface area contributed by atoms with Crippen LogP contribution in [0.1, 0.15) is 62.8 Å². The number of hydrogen-bond donors (Lipinski definition) is 2. The van der Waals surface area contributed by atoms with Crippen LogP contribution in [-0.2, 0) is 10.2 Å². The van der Waals surface area contributed by atoms with Crippen LogP contribution in [0, 0.1) is 0 Å². The number of amides is 1. The monoisotopic (exact) mass is 299 g/mol. The summed E-state index contributed by atoms with van der Waals surface area (Å²) in [4.78, 5) is 24.2. The van der Waals surface area contributed by atoms with E-state index in [1.807, 2.05) is 20.8 Å². The number of aromatic nitrogens is 2. The molecule has 0 aromatic carbocycles. The summed E-state index contributed by atoms with van der Waals surface area (Å²) in [5.74, 6) is -1.44. The Morgan fingerprint density at radius 1 is 1.25 bits per heavy atom. The predicted octanol–water partition coefficient (Wildman–Crippen LogP) is 2.21. The van der Waals surface area contributed by atoms with E-state index in [0.717, 1.165) is 11.5 Å². The van der Waals surface area contributed by atoms with Gasteiger partial charge in [0.2, 0.25) is 0 Å². The maximum Gasteiger partial charge on any atom is 0.329 e. The molecule has 6 nitrogen and oxygen atoms in total. The van der Waals surface area contributed by atoms with Gasteiger partial charge in [-0.05, 0) is 24.4 Å². The molecule has 112 valence electrons. The minimum absolute atomic E-state index is 0.315. The van der Waals surface area contributed by atoms with E-state index in [9.17, 15) is 14.7 Å². The number of hydrogen-bond acceptors (Lipinski definition) is 5. The number of carbonyl (C=O) groups excluding carboxylic acids is 1. The lowest BCUT2D eigenvalue weighted by Gasteiger charge is -2.28. The second kappa shape index (κ2) is 5.87. The van der Waals surface area contributed by atoms with Crippen molar-refractivity contribution in [3.05, 3.63) is 10.6 Å². The van der Waals surface area contributed by atoms with Crippen LogP contribution in [0.4, 0.5) is 0 Å². The lowest BCUT2D eigenvalue weighted by molar-refractivity contribution is -0.144. The van der Waals surface area contributed by atoms with Crippen LogP contribution in [-0.4, -0.2) is 32.1 Å². The van der Waals surface area contributed by atoms with Crippen LogP contribution in [0.25, 0.3) is 0 Å². The van der Waals surface area contributed by atoms with Gasteiger partial charge in [-0.15, -0.1) is 5.10 Å². The first-order valence-electron chi connectivity index (χ1n) is 6.56. The van der Waals surface area contributed by atoms with Gasteiger partial charge >= 0.3 is 5.97 Å². The maximum absolute atomic E-state index is 12.4. The smallest absolute Gasteiger partial charge is 0.329 e. The average Bonchev–Trinajstić information content (AvgIpc) is 2.84. The third kappa shape index (κ3) is 3.15. The molecule has 7 heteroatoms. The summed E-state index contributed by atoms with van der Waals surface area (Å²) < 4.78 is 3.82. The van der Waals surface area contributed by atoms with Crippen LogP contribution in [0.3, 0.4) is 0 Å². The van der Waals surface area contributed by atoms with Crippen molar-refractivity contribution in [2.75, 3.05) is 0 Å². The molecule has 0 bridgehead atoms. The molecule has 0 aliphatic rings. The molecule has 2 N–H and O–H groups in total. The van der Waals surface area contributed by atoms with Gasteiger partial charge in [-0.25, -0.2) is 4.79 Å². The fraction of sp³-hybridized carbons (Fsp3) is 0.692. The van der Waals surface area contributed by atoms with Crippen molar-refractivity contribution in [3.63, 3.8) is 0 Å². The van der Waals surface area contributed by atoms with E-state index >= 15 is 0 Å². The Kier molecular flexibility index (Phi) is 4.86. The molecule has 1 aromatic rings. The van der Waals surface area contributed by atoms with Gasteiger partial charge in [0, 0.05) is 5.41 Å². The standard InChI is InChI=1S/C13H21N3O3S/c1-6-13(7-2,11(18)19)14-10(17)8-9(12(3,4)5)15-16-20-8/h6-7H2,1-5H3,(H,14,17)(H,18,19). The minimum atomic E-state index is -1.24. The molecule has 0 aliphatic carbocycles. The van der Waals surface area contributed by atoms with Gasteiger partial charge in [0.05, 0.1) is 5.69 Å². The van der Waals surface area contributed by atoms with Crippen molar-refractivity contribution in [3.8, 4) is 0 Å². The van der Waals surface area contributed by atoms with Crippen LogP contribution >= 0.6 is 11.5 Å². The number of carboxylic acids is 1. The van der Waals surface area contributed by atoms with Gasteiger partial charge in [0.1, 0.15) is 10.4 Å². The Labute approximate surface area is 122 Å². The maximum atomic E-state index is 12.4. The number of carboxylic acid groups (broad SMARTS) is 1. The highest BCUT2D eigenvalue weighted by Gasteiger charge is 2.38. The van der Waals surface area contributed by atoms with Gasteiger partial charge in [0.25, 0.3) is 5.91 Å². The first-order chi connectivity index (χ1) is 9.18. The average molecular weight is 299 g/mol.